The van der Waals surface area contributed by atoms with Gasteiger partial charge in [-0.2, -0.15) is 13.2 Å². The van der Waals surface area contributed by atoms with Crippen molar-refractivity contribution in [3.63, 3.8) is 0 Å². The summed E-state index contributed by atoms with van der Waals surface area (Å²) in [6, 6.07) is -0.364. The molecular formula is C15H29F3N2O. The zero-order chi connectivity index (χ0) is 16.6. The van der Waals surface area contributed by atoms with Gasteiger partial charge in [-0.15, -0.1) is 0 Å². The second kappa shape index (κ2) is 9.28. The van der Waals surface area contributed by atoms with Crippen molar-refractivity contribution in [2.75, 3.05) is 13.1 Å². The molecule has 0 fully saturated rings. The van der Waals surface area contributed by atoms with Gasteiger partial charge in [-0.3, -0.25) is 4.79 Å². The fourth-order valence-electron chi connectivity index (χ4n) is 2.64. The van der Waals surface area contributed by atoms with Crippen LogP contribution in [0.5, 0.6) is 0 Å². The molecule has 0 aliphatic rings. The third kappa shape index (κ3) is 8.29. The summed E-state index contributed by atoms with van der Waals surface area (Å²) in [5.41, 5.74) is 5.64. The first-order valence-electron chi connectivity index (χ1n) is 7.70. The predicted molar refractivity (Wildman–Crippen MR) is 78.8 cm³/mol. The first-order chi connectivity index (χ1) is 9.64. The molecule has 0 aromatic carbocycles. The molecule has 126 valence electrons. The number of halogens is 3. The van der Waals surface area contributed by atoms with Gasteiger partial charge in [0.1, 0.15) is 6.54 Å². The van der Waals surface area contributed by atoms with E-state index in [-0.39, 0.29) is 18.4 Å². The molecule has 0 rings (SSSR count). The summed E-state index contributed by atoms with van der Waals surface area (Å²) in [6.07, 6.45) is -2.47. The Hall–Kier alpha value is -0.780. The second-order valence-corrected chi connectivity index (χ2v) is 6.04. The van der Waals surface area contributed by atoms with Gasteiger partial charge in [0.25, 0.3) is 0 Å². The fourth-order valence-corrected chi connectivity index (χ4v) is 2.64. The Balaban J connectivity index is 4.92. The second-order valence-electron chi connectivity index (χ2n) is 6.04. The van der Waals surface area contributed by atoms with Gasteiger partial charge < -0.3 is 10.6 Å². The Morgan fingerprint density at radius 2 is 1.71 bits per heavy atom. The summed E-state index contributed by atoms with van der Waals surface area (Å²) in [6.45, 7) is 6.80. The molecule has 6 heteroatoms. The highest BCUT2D eigenvalue weighted by atomic mass is 19.4. The number of nitrogens with zero attached hydrogens (tertiary/aromatic N) is 1. The average molecular weight is 310 g/mol. The van der Waals surface area contributed by atoms with E-state index in [4.69, 9.17) is 5.73 Å². The van der Waals surface area contributed by atoms with Gasteiger partial charge in [-0.05, 0) is 37.6 Å². The molecule has 0 aliphatic heterocycles. The molecule has 0 radical (unpaired) electrons. The normalized spacial score (nSPS) is 13.8. The van der Waals surface area contributed by atoms with Crippen LogP contribution in [0.3, 0.4) is 0 Å². The van der Waals surface area contributed by atoms with E-state index in [1.165, 1.54) is 0 Å². The number of carbonyl (C=O) groups is 1. The van der Waals surface area contributed by atoms with Crippen molar-refractivity contribution in [2.45, 2.75) is 65.6 Å². The monoisotopic (exact) mass is 310 g/mol. The maximum atomic E-state index is 12.7. The van der Waals surface area contributed by atoms with Crippen molar-refractivity contribution in [3.8, 4) is 0 Å². The van der Waals surface area contributed by atoms with E-state index in [0.717, 1.165) is 11.3 Å². The molecule has 3 nitrogen and oxygen atoms in total. The lowest BCUT2D eigenvalue weighted by molar-refractivity contribution is -0.166. The molecule has 1 atom stereocenters. The van der Waals surface area contributed by atoms with E-state index in [0.29, 0.717) is 25.3 Å². The zero-order valence-electron chi connectivity index (χ0n) is 13.5. The maximum Gasteiger partial charge on any atom is 0.406 e. The summed E-state index contributed by atoms with van der Waals surface area (Å²) in [5, 5.41) is 0. The van der Waals surface area contributed by atoms with Crippen molar-refractivity contribution in [1.82, 2.24) is 4.90 Å². The van der Waals surface area contributed by atoms with Gasteiger partial charge in [0, 0.05) is 12.5 Å². The Labute approximate surface area is 126 Å². The zero-order valence-corrected chi connectivity index (χ0v) is 13.5. The van der Waals surface area contributed by atoms with Crippen LogP contribution in [0, 0.1) is 11.8 Å². The topological polar surface area (TPSA) is 46.3 Å². The van der Waals surface area contributed by atoms with Crippen molar-refractivity contribution < 1.29 is 18.0 Å². The minimum absolute atomic E-state index is 0.0532. The van der Waals surface area contributed by atoms with E-state index >= 15 is 0 Å². The highest BCUT2D eigenvalue weighted by molar-refractivity contribution is 5.77. The van der Waals surface area contributed by atoms with Crippen LogP contribution in [0.2, 0.25) is 0 Å². The molecular weight excluding hydrogens is 281 g/mol. The van der Waals surface area contributed by atoms with E-state index in [1.54, 1.807) is 13.8 Å². The van der Waals surface area contributed by atoms with E-state index < -0.39 is 18.6 Å². The molecule has 0 aliphatic carbocycles. The average Bonchev–Trinajstić information content (AvgIpc) is 2.36. The fraction of sp³-hybridized carbons (Fsp3) is 0.933. The van der Waals surface area contributed by atoms with Crippen LogP contribution >= 0.6 is 0 Å². The minimum atomic E-state index is -4.37. The number of hydrogen-bond acceptors (Lipinski definition) is 2. The predicted octanol–water partition coefficient (Wildman–Crippen LogP) is 3.58. The smallest absolute Gasteiger partial charge is 0.331 e. The van der Waals surface area contributed by atoms with Crippen LogP contribution in [0.1, 0.15) is 53.4 Å². The van der Waals surface area contributed by atoms with Gasteiger partial charge in [-0.25, -0.2) is 0 Å². The largest absolute Gasteiger partial charge is 0.406 e. The van der Waals surface area contributed by atoms with Gasteiger partial charge in [0.15, 0.2) is 0 Å². The maximum absolute atomic E-state index is 12.7. The Bertz CT molecular complexity index is 302. The van der Waals surface area contributed by atoms with Gasteiger partial charge >= 0.3 is 6.18 Å². The number of nitrogens with two attached hydrogens (primary N) is 1. The summed E-state index contributed by atoms with van der Waals surface area (Å²) < 4.78 is 38.1. The molecule has 1 unspecified atom stereocenters. The van der Waals surface area contributed by atoms with Crippen molar-refractivity contribution in [1.29, 1.82) is 0 Å². The molecule has 1 amide bonds. The number of alkyl halides is 3. The lowest BCUT2D eigenvalue weighted by atomic mass is 9.93. The van der Waals surface area contributed by atoms with Crippen LogP contribution in [-0.4, -0.2) is 36.1 Å². The lowest BCUT2D eigenvalue weighted by Crippen LogP contribution is -2.46. The first kappa shape index (κ1) is 20.2. The molecule has 0 aromatic rings. The van der Waals surface area contributed by atoms with Crippen molar-refractivity contribution in [2.24, 2.45) is 17.6 Å². The molecule has 0 saturated heterocycles. The van der Waals surface area contributed by atoms with Crippen LogP contribution in [0.4, 0.5) is 13.2 Å². The molecule has 0 bridgehead atoms. The third-order valence-corrected chi connectivity index (χ3v) is 3.65. The Morgan fingerprint density at radius 3 is 2.05 bits per heavy atom. The van der Waals surface area contributed by atoms with Crippen LogP contribution in [0.25, 0.3) is 0 Å². The molecule has 0 spiro atoms. The summed E-state index contributed by atoms with van der Waals surface area (Å²) in [4.78, 5) is 13.3. The van der Waals surface area contributed by atoms with Crippen molar-refractivity contribution in [3.05, 3.63) is 0 Å². The van der Waals surface area contributed by atoms with E-state index in [2.05, 4.69) is 0 Å². The van der Waals surface area contributed by atoms with Gasteiger partial charge in [-0.1, -0.05) is 27.7 Å². The van der Waals surface area contributed by atoms with Crippen LogP contribution in [-0.2, 0) is 4.79 Å². The highest BCUT2D eigenvalue weighted by Gasteiger charge is 2.36. The van der Waals surface area contributed by atoms with Crippen LogP contribution < -0.4 is 5.73 Å². The summed E-state index contributed by atoms with van der Waals surface area (Å²) >= 11 is 0. The highest BCUT2D eigenvalue weighted by Crippen LogP contribution is 2.23. The molecule has 2 N–H and O–H groups in total. The minimum Gasteiger partial charge on any atom is -0.331 e. The SMILES string of the molecule is CCC(CC)N(CC(F)(F)F)C(=O)CC(CN)CC(C)C. The summed E-state index contributed by atoms with van der Waals surface area (Å²) in [5.74, 6) is -0.115. The quantitative estimate of drug-likeness (QED) is 0.707. The molecule has 0 heterocycles. The first-order valence-corrected chi connectivity index (χ1v) is 7.70. The van der Waals surface area contributed by atoms with E-state index in [1.807, 2.05) is 13.8 Å². The molecule has 0 saturated carbocycles. The summed E-state index contributed by atoms with van der Waals surface area (Å²) in [7, 11) is 0. The van der Waals surface area contributed by atoms with Crippen LogP contribution in [0.15, 0.2) is 0 Å². The number of rotatable bonds is 9. The van der Waals surface area contributed by atoms with Crippen molar-refractivity contribution >= 4 is 5.91 Å². The standard InChI is InChI=1S/C15H29F3N2O/c1-5-13(6-2)20(10-15(16,17)18)14(21)8-12(9-19)7-11(3)4/h11-13H,5-10,19H2,1-4H3. The molecule has 0 aromatic heterocycles. The van der Waals surface area contributed by atoms with Gasteiger partial charge in [0.2, 0.25) is 5.91 Å². The number of hydrogen-bond donors (Lipinski definition) is 1. The third-order valence-electron chi connectivity index (χ3n) is 3.65. The molecule has 21 heavy (non-hydrogen) atoms. The van der Waals surface area contributed by atoms with E-state index in [9.17, 15) is 18.0 Å². The Kier molecular flexibility index (Phi) is 8.94. The lowest BCUT2D eigenvalue weighted by Gasteiger charge is -2.32. The number of carbonyl (C=O) groups excluding carboxylic acids is 1. The number of amides is 1. The Morgan fingerprint density at radius 1 is 1.19 bits per heavy atom. The van der Waals surface area contributed by atoms with Gasteiger partial charge in [0.05, 0.1) is 0 Å².